The fourth-order valence-electron chi connectivity index (χ4n) is 3.72. The first-order valence-electron chi connectivity index (χ1n) is 8.32. The van der Waals surface area contributed by atoms with Gasteiger partial charge in [-0.15, -0.1) is 0 Å². The average molecular weight is 304 g/mol. The van der Waals surface area contributed by atoms with Crippen molar-refractivity contribution in [2.24, 2.45) is 0 Å². The van der Waals surface area contributed by atoms with Gasteiger partial charge < -0.3 is 14.4 Å². The van der Waals surface area contributed by atoms with Crippen LogP contribution in [0, 0.1) is 0 Å². The summed E-state index contributed by atoms with van der Waals surface area (Å²) in [5, 5.41) is 0. The molecule has 1 unspecified atom stereocenters. The Hall–Kier alpha value is -0.940. The number of hydrogen-bond donors (Lipinski definition) is 0. The zero-order valence-electron chi connectivity index (χ0n) is 13.9. The van der Waals surface area contributed by atoms with E-state index < -0.39 is 0 Å². The summed E-state index contributed by atoms with van der Waals surface area (Å²) in [6, 6.07) is 11.0. The highest BCUT2D eigenvalue weighted by molar-refractivity contribution is 5.19. The Morgan fingerprint density at radius 1 is 1.05 bits per heavy atom. The van der Waals surface area contributed by atoms with Gasteiger partial charge in [-0.25, -0.2) is 0 Å². The van der Waals surface area contributed by atoms with Crippen molar-refractivity contribution in [2.75, 3.05) is 40.3 Å². The van der Waals surface area contributed by atoms with Crippen LogP contribution in [0.25, 0.3) is 0 Å². The normalized spacial score (nSPS) is 34.7. The minimum absolute atomic E-state index is 0.272. The van der Waals surface area contributed by atoms with Crippen LogP contribution in [0.4, 0.5) is 0 Å². The second-order valence-electron chi connectivity index (χ2n) is 6.85. The zero-order chi connectivity index (χ0) is 15.5. The summed E-state index contributed by atoms with van der Waals surface area (Å²) in [5.74, 6) is 0. The molecule has 0 spiro atoms. The van der Waals surface area contributed by atoms with E-state index in [4.69, 9.17) is 9.47 Å². The van der Waals surface area contributed by atoms with Crippen LogP contribution >= 0.6 is 0 Å². The molecule has 1 aromatic carbocycles. The predicted octanol–water partition coefficient (Wildman–Crippen LogP) is 2.17. The first-order chi connectivity index (χ1) is 10.6. The summed E-state index contributed by atoms with van der Waals surface area (Å²) < 4.78 is 12.2. The van der Waals surface area contributed by atoms with E-state index in [1.54, 1.807) is 0 Å². The summed E-state index contributed by atoms with van der Waals surface area (Å²) in [6.07, 6.45) is 1.87. The average Bonchev–Trinajstić information content (AvgIpc) is 2.47. The van der Waals surface area contributed by atoms with Crippen molar-refractivity contribution < 1.29 is 9.47 Å². The summed E-state index contributed by atoms with van der Waals surface area (Å²) in [7, 11) is 4.37. The van der Waals surface area contributed by atoms with Gasteiger partial charge in [0, 0.05) is 26.1 Å². The van der Waals surface area contributed by atoms with Gasteiger partial charge in [0.1, 0.15) is 0 Å². The van der Waals surface area contributed by atoms with Crippen LogP contribution in [0.5, 0.6) is 0 Å². The third-order valence-electron chi connectivity index (χ3n) is 4.73. The fraction of sp³-hybridized carbons (Fsp3) is 0.667. The lowest BCUT2D eigenvalue weighted by atomic mass is 10.0. The van der Waals surface area contributed by atoms with Gasteiger partial charge in [0.05, 0.1) is 31.0 Å². The first kappa shape index (κ1) is 15.9. The van der Waals surface area contributed by atoms with Gasteiger partial charge >= 0.3 is 0 Å². The quantitative estimate of drug-likeness (QED) is 0.854. The molecular formula is C18H28N2O2. The maximum atomic E-state index is 6.15. The summed E-state index contributed by atoms with van der Waals surface area (Å²) >= 11 is 0. The molecule has 0 bridgehead atoms. The lowest BCUT2D eigenvalue weighted by molar-refractivity contribution is -0.115. The molecule has 1 aromatic rings. The zero-order valence-corrected chi connectivity index (χ0v) is 13.9. The third-order valence-corrected chi connectivity index (χ3v) is 4.73. The number of nitrogens with zero attached hydrogens (tertiary/aromatic N) is 2. The molecule has 122 valence electrons. The molecule has 2 heterocycles. The Morgan fingerprint density at radius 3 is 2.50 bits per heavy atom. The van der Waals surface area contributed by atoms with E-state index in [1.165, 1.54) is 5.56 Å². The number of benzene rings is 1. The van der Waals surface area contributed by atoms with Crippen LogP contribution in [-0.4, -0.2) is 68.4 Å². The molecule has 2 saturated heterocycles. The summed E-state index contributed by atoms with van der Waals surface area (Å²) in [6.45, 7) is 5.93. The molecule has 0 aromatic heterocycles. The molecule has 3 rings (SSSR count). The van der Waals surface area contributed by atoms with Gasteiger partial charge in [-0.1, -0.05) is 30.3 Å². The van der Waals surface area contributed by atoms with Crippen molar-refractivity contribution >= 4 is 0 Å². The lowest BCUT2D eigenvalue weighted by Gasteiger charge is -2.41. The molecule has 0 aliphatic carbocycles. The highest BCUT2D eigenvalue weighted by Crippen LogP contribution is 2.27. The second kappa shape index (κ2) is 7.09. The second-order valence-corrected chi connectivity index (χ2v) is 6.85. The number of likely N-dealkylation sites (N-methyl/N-ethyl adjacent to an activating group) is 2. The summed E-state index contributed by atoms with van der Waals surface area (Å²) in [4.78, 5) is 4.78. The topological polar surface area (TPSA) is 24.9 Å². The summed E-state index contributed by atoms with van der Waals surface area (Å²) in [5.41, 5.74) is 1.34. The maximum Gasteiger partial charge on any atom is 0.0731 e. The van der Waals surface area contributed by atoms with Crippen molar-refractivity contribution in [3.05, 3.63) is 35.9 Å². The molecule has 2 aliphatic rings. The van der Waals surface area contributed by atoms with E-state index in [0.29, 0.717) is 18.2 Å². The maximum absolute atomic E-state index is 6.15. The van der Waals surface area contributed by atoms with Crippen molar-refractivity contribution in [1.29, 1.82) is 0 Å². The first-order valence-corrected chi connectivity index (χ1v) is 8.32. The fourth-order valence-corrected chi connectivity index (χ4v) is 3.72. The molecule has 0 N–H and O–H groups in total. The van der Waals surface area contributed by atoms with Gasteiger partial charge in [-0.05, 0) is 26.6 Å². The third kappa shape index (κ3) is 3.87. The minimum atomic E-state index is 0.272. The molecule has 2 fully saturated rings. The Bertz CT molecular complexity index is 457. The number of rotatable bonds is 3. The predicted molar refractivity (Wildman–Crippen MR) is 88.0 cm³/mol. The molecule has 2 aliphatic heterocycles. The van der Waals surface area contributed by atoms with E-state index in [-0.39, 0.29) is 6.10 Å². The van der Waals surface area contributed by atoms with E-state index in [1.807, 2.05) is 0 Å². The van der Waals surface area contributed by atoms with E-state index in [0.717, 1.165) is 32.7 Å². The van der Waals surface area contributed by atoms with Crippen molar-refractivity contribution in [3.8, 4) is 0 Å². The standard InChI is InChI=1S/C18H28N2O2/c1-14-10-19(2)11-17(22-14)9-16-12-20(3)18(13-21-16)15-7-5-4-6-8-15/h4-8,14,16-18H,9-13H2,1-3H3/t14-,16?,17+,18-/m1/s1. The van der Waals surface area contributed by atoms with Gasteiger partial charge in [-0.3, -0.25) is 4.90 Å². The SMILES string of the molecule is C[C@@H]1CN(C)C[C@H](CC2CN(C)[C@@H](c3ccccc3)CO2)O1. The van der Waals surface area contributed by atoms with Crippen LogP contribution in [0.15, 0.2) is 30.3 Å². The monoisotopic (exact) mass is 304 g/mol. The smallest absolute Gasteiger partial charge is 0.0731 e. The van der Waals surface area contributed by atoms with Crippen LogP contribution in [-0.2, 0) is 9.47 Å². The van der Waals surface area contributed by atoms with Crippen LogP contribution in [0.2, 0.25) is 0 Å². The molecular weight excluding hydrogens is 276 g/mol. The minimum Gasteiger partial charge on any atom is -0.375 e. The molecule has 4 nitrogen and oxygen atoms in total. The molecule has 4 heteroatoms. The number of hydrogen-bond acceptors (Lipinski definition) is 4. The van der Waals surface area contributed by atoms with Crippen molar-refractivity contribution in [3.63, 3.8) is 0 Å². The number of ether oxygens (including phenoxy) is 2. The molecule has 0 amide bonds. The Morgan fingerprint density at radius 2 is 1.82 bits per heavy atom. The highest BCUT2D eigenvalue weighted by atomic mass is 16.5. The van der Waals surface area contributed by atoms with Crippen LogP contribution in [0.3, 0.4) is 0 Å². The van der Waals surface area contributed by atoms with Gasteiger partial charge in [-0.2, -0.15) is 0 Å². The van der Waals surface area contributed by atoms with Crippen molar-refractivity contribution in [1.82, 2.24) is 9.80 Å². The van der Waals surface area contributed by atoms with E-state index >= 15 is 0 Å². The van der Waals surface area contributed by atoms with E-state index in [9.17, 15) is 0 Å². The van der Waals surface area contributed by atoms with Gasteiger partial charge in [0.2, 0.25) is 0 Å². The molecule has 22 heavy (non-hydrogen) atoms. The van der Waals surface area contributed by atoms with Crippen LogP contribution in [0.1, 0.15) is 24.9 Å². The van der Waals surface area contributed by atoms with Crippen molar-refractivity contribution in [2.45, 2.75) is 37.7 Å². The Balaban J connectivity index is 1.54. The molecule has 0 saturated carbocycles. The highest BCUT2D eigenvalue weighted by Gasteiger charge is 2.31. The largest absolute Gasteiger partial charge is 0.375 e. The number of morpholine rings is 2. The van der Waals surface area contributed by atoms with Crippen LogP contribution < -0.4 is 0 Å². The Labute approximate surface area is 134 Å². The molecule has 4 atom stereocenters. The lowest BCUT2D eigenvalue weighted by Crippen LogP contribution is -2.49. The van der Waals surface area contributed by atoms with Gasteiger partial charge in [0.15, 0.2) is 0 Å². The Kier molecular flexibility index (Phi) is 5.14. The van der Waals surface area contributed by atoms with Gasteiger partial charge in [0.25, 0.3) is 0 Å². The molecule has 0 radical (unpaired) electrons. The van der Waals surface area contributed by atoms with E-state index in [2.05, 4.69) is 61.2 Å².